The molecule has 0 spiro atoms. The first-order chi connectivity index (χ1) is 12.0. The fraction of sp³-hybridized carbons (Fsp3) is 0.250. The van der Waals surface area contributed by atoms with Crippen molar-refractivity contribution in [3.05, 3.63) is 34.7 Å². The van der Waals surface area contributed by atoms with Crippen molar-refractivity contribution in [2.24, 2.45) is 7.05 Å². The molecule has 0 saturated heterocycles. The van der Waals surface area contributed by atoms with Gasteiger partial charge in [-0.15, -0.1) is 0 Å². The lowest BCUT2D eigenvalue weighted by molar-refractivity contribution is -0.118. The zero-order valence-corrected chi connectivity index (χ0v) is 15.2. The van der Waals surface area contributed by atoms with Gasteiger partial charge in [0, 0.05) is 7.05 Å². The van der Waals surface area contributed by atoms with E-state index in [9.17, 15) is 4.79 Å². The number of nitrogens with zero attached hydrogens (tertiary/aromatic N) is 4. The van der Waals surface area contributed by atoms with Gasteiger partial charge >= 0.3 is 0 Å². The summed E-state index contributed by atoms with van der Waals surface area (Å²) < 4.78 is 7.78. The van der Waals surface area contributed by atoms with Gasteiger partial charge in [0.05, 0.1) is 17.1 Å². The zero-order chi connectivity index (χ0) is 17.6. The number of halogens is 1. The number of carbonyl (C=O) groups is 1. The van der Waals surface area contributed by atoms with Crippen molar-refractivity contribution in [1.29, 1.82) is 0 Å². The van der Waals surface area contributed by atoms with Crippen LogP contribution in [0, 0.1) is 0 Å². The molecule has 1 aliphatic heterocycles. The average Bonchev–Trinajstić information content (AvgIpc) is 2.89. The van der Waals surface area contributed by atoms with E-state index in [0.29, 0.717) is 21.9 Å². The van der Waals surface area contributed by atoms with Gasteiger partial charge in [-0.2, -0.15) is 5.10 Å². The van der Waals surface area contributed by atoms with Crippen LogP contribution in [0.25, 0.3) is 11.0 Å². The third-order valence-electron chi connectivity index (χ3n) is 4.07. The summed E-state index contributed by atoms with van der Waals surface area (Å²) in [6, 6.07) is 5.68. The van der Waals surface area contributed by atoms with Crippen LogP contribution in [0.15, 0.2) is 29.1 Å². The maximum absolute atomic E-state index is 11.5. The second-order valence-electron chi connectivity index (χ2n) is 5.79. The predicted molar refractivity (Wildman–Crippen MR) is 96.6 cm³/mol. The Hall–Kier alpha value is -2.68. The summed E-state index contributed by atoms with van der Waals surface area (Å²) in [6.07, 6.45) is 1.51. The number of benzene rings is 1. The number of aromatic nitrogens is 4. The third kappa shape index (κ3) is 2.80. The maximum atomic E-state index is 11.5. The molecule has 3 heterocycles. The molecular weight excluding hydrogens is 388 g/mol. The Kier molecular flexibility index (Phi) is 3.79. The van der Waals surface area contributed by atoms with Gasteiger partial charge in [-0.3, -0.25) is 4.79 Å². The molecule has 0 radical (unpaired) electrons. The van der Waals surface area contributed by atoms with Crippen LogP contribution in [0.3, 0.4) is 0 Å². The second-order valence-corrected chi connectivity index (χ2v) is 6.54. The summed E-state index contributed by atoms with van der Waals surface area (Å²) in [4.78, 5) is 20.1. The summed E-state index contributed by atoms with van der Waals surface area (Å²) in [5.41, 5.74) is 2.41. The van der Waals surface area contributed by atoms with E-state index in [0.717, 1.165) is 16.6 Å². The highest BCUT2D eigenvalue weighted by Gasteiger charge is 2.19. The molecule has 2 N–H and O–H groups in total. The van der Waals surface area contributed by atoms with Crippen molar-refractivity contribution >= 4 is 44.4 Å². The lowest BCUT2D eigenvalue weighted by atomic mass is 10.1. The van der Waals surface area contributed by atoms with Gasteiger partial charge in [0.15, 0.2) is 12.3 Å². The van der Waals surface area contributed by atoms with E-state index in [1.807, 2.05) is 32.2 Å². The standard InChI is InChI=1S/C16H15BrN6O2/c1-8(9-3-4-11-10(5-9)21-12(24)6-25-11)20-15-13-14(17)22-23(2)16(13)19-7-18-15/h3-5,7-8H,6H2,1-2H3,(H,21,24)(H,18,19,20). The molecule has 1 unspecified atom stereocenters. The first-order valence-corrected chi connectivity index (χ1v) is 8.48. The molecule has 2 aromatic heterocycles. The van der Waals surface area contributed by atoms with Gasteiger partial charge in [0.2, 0.25) is 0 Å². The molecule has 8 nitrogen and oxygen atoms in total. The Balaban J connectivity index is 1.66. The normalized spacial score (nSPS) is 14.6. The molecule has 1 atom stereocenters. The number of amides is 1. The number of carbonyl (C=O) groups excluding carboxylic acids is 1. The van der Waals surface area contributed by atoms with Crippen LogP contribution in [-0.2, 0) is 11.8 Å². The first-order valence-electron chi connectivity index (χ1n) is 7.69. The molecule has 9 heteroatoms. The van der Waals surface area contributed by atoms with Crippen LogP contribution >= 0.6 is 15.9 Å². The summed E-state index contributed by atoms with van der Waals surface area (Å²) in [7, 11) is 1.83. The Morgan fingerprint density at radius 2 is 2.24 bits per heavy atom. The topological polar surface area (TPSA) is 94.0 Å². The Morgan fingerprint density at radius 1 is 1.40 bits per heavy atom. The molecule has 25 heavy (non-hydrogen) atoms. The number of nitrogens with one attached hydrogen (secondary N) is 2. The average molecular weight is 403 g/mol. The molecule has 4 rings (SSSR count). The molecule has 0 bridgehead atoms. The smallest absolute Gasteiger partial charge is 0.262 e. The number of ether oxygens (including phenoxy) is 1. The lowest BCUT2D eigenvalue weighted by Gasteiger charge is -2.21. The number of aryl methyl sites for hydroxylation is 1. The number of hydrogen-bond donors (Lipinski definition) is 2. The van der Waals surface area contributed by atoms with Crippen LogP contribution in [-0.4, -0.2) is 32.3 Å². The summed E-state index contributed by atoms with van der Waals surface area (Å²) in [5, 5.41) is 11.4. The molecule has 1 aromatic carbocycles. The first kappa shape index (κ1) is 15.8. The molecule has 1 amide bonds. The lowest BCUT2D eigenvalue weighted by Crippen LogP contribution is -2.25. The monoisotopic (exact) mass is 402 g/mol. The van der Waals surface area contributed by atoms with Crippen LogP contribution < -0.4 is 15.4 Å². The minimum Gasteiger partial charge on any atom is -0.482 e. The molecule has 0 saturated carbocycles. The van der Waals surface area contributed by atoms with Crippen molar-refractivity contribution in [3.8, 4) is 5.75 Å². The summed E-state index contributed by atoms with van der Waals surface area (Å²) >= 11 is 3.45. The molecule has 128 valence electrons. The fourth-order valence-corrected chi connectivity index (χ4v) is 3.41. The Bertz CT molecular complexity index is 986. The predicted octanol–water partition coefficient (Wildman–Crippen LogP) is 2.63. The molecular formula is C16H15BrN6O2. The summed E-state index contributed by atoms with van der Waals surface area (Å²) in [5.74, 6) is 1.22. The van der Waals surface area contributed by atoms with E-state index in [-0.39, 0.29) is 18.6 Å². The fourth-order valence-electron chi connectivity index (χ4n) is 2.81. The van der Waals surface area contributed by atoms with Crippen LogP contribution in [0.2, 0.25) is 0 Å². The number of rotatable bonds is 3. The van der Waals surface area contributed by atoms with E-state index in [1.165, 1.54) is 6.33 Å². The van der Waals surface area contributed by atoms with Gasteiger partial charge in [0.25, 0.3) is 5.91 Å². The highest BCUT2D eigenvalue weighted by Crippen LogP contribution is 2.33. The number of hydrogen-bond acceptors (Lipinski definition) is 6. The Morgan fingerprint density at radius 3 is 3.08 bits per heavy atom. The highest BCUT2D eigenvalue weighted by molar-refractivity contribution is 9.10. The zero-order valence-electron chi connectivity index (χ0n) is 13.6. The molecule has 0 aliphatic carbocycles. The highest BCUT2D eigenvalue weighted by atomic mass is 79.9. The van der Waals surface area contributed by atoms with E-state index in [2.05, 4.69) is 41.6 Å². The number of fused-ring (bicyclic) bond motifs is 2. The molecule has 0 fully saturated rings. The van der Waals surface area contributed by atoms with Crippen molar-refractivity contribution in [3.63, 3.8) is 0 Å². The van der Waals surface area contributed by atoms with E-state index in [4.69, 9.17) is 4.74 Å². The SMILES string of the molecule is CC(Nc1ncnc2c1c(Br)nn2C)c1ccc2c(c1)NC(=O)CO2. The maximum Gasteiger partial charge on any atom is 0.262 e. The van der Waals surface area contributed by atoms with Crippen LogP contribution in [0.5, 0.6) is 5.75 Å². The minimum atomic E-state index is -0.151. The third-order valence-corrected chi connectivity index (χ3v) is 4.62. The quantitative estimate of drug-likeness (QED) is 0.699. The minimum absolute atomic E-state index is 0.0469. The van der Waals surface area contributed by atoms with E-state index in [1.54, 1.807) is 4.68 Å². The van der Waals surface area contributed by atoms with Crippen molar-refractivity contribution in [2.45, 2.75) is 13.0 Å². The number of anilines is 2. The molecule has 1 aliphatic rings. The Labute approximate surface area is 151 Å². The largest absolute Gasteiger partial charge is 0.482 e. The van der Waals surface area contributed by atoms with Gasteiger partial charge in [-0.05, 0) is 40.5 Å². The van der Waals surface area contributed by atoms with E-state index >= 15 is 0 Å². The van der Waals surface area contributed by atoms with Crippen molar-refractivity contribution in [1.82, 2.24) is 19.7 Å². The van der Waals surface area contributed by atoms with Gasteiger partial charge < -0.3 is 15.4 Å². The van der Waals surface area contributed by atoms with Crippen LogP contribution in [0.1, 0.15) is 18.5 Å². The molecule has 3 aromatic rings. The summed E-state index contributed by atoms with van der Waals surface area (Å²) in [6.45, 7) is 2.07. The van der Waals surface area contributed by atoms with Gasteiger partial charge in [-0.1, -0.05) is 6.07 Å². The van der Waals surface area contributed by atoms with Crippen molar-refractivity contribution in [2.75, 3.05) is 17.2 Å². The van der Waals surface area contributed by atoms with Gasteiger partial charge in [0.1, 0.15) is 22.5 Å². The van der Waals surface area contributed by atoms with Crippen molar-refractivity contribution < 1.29 is 9.53 Å². The van der Waals surface area contributed by atoms with Crippen LogP contribution in [0.4, 0.5) is 11.5 Å². The second kappa shape index (κ2) is 5.99. The van der Waals surface area contributed by atoms with Gasteiger partial charge in [-0.25, -0.2) is 14.6 Å². The van der Waals surface area contributed by atoms with E-state index < -0.39 is 0 Å².